The number of esters is 1. The number of allylic oxidation sites excluding steroid dienone is 1. The molecule has 0 amide bonds. The van der Waals surface area contributed by atoms with Crippen LogP contribution < -0.4 is 19.6 Å². The fourth-order valence-corrected chi connectivity index (χ4v) is 4.72. The van der Waals surface area contributed by atoms with Gasteiger partial charge in [-0.1, -0.05) is 23.8 Å². The zero-order chi connectivity index (χ0) is 25.0. The molecule has 0 saturated carbocycles. The Hall–Kier alpha value is -4.65. The zero-order valence-electron chi connectivity index (χ0n) is 19.5. The molecule has 0 N–H and O–H groups in total. The fraction of sp³-hybridized carbons (Fsp3) is 0.138. The molecule has 3 aromatic carbocycles. The van der Waals surface area contributed by atoms with E-state index >= 15 is 0 Å². The monoisotopic (exact) mass is 480 g/mol. The van der Waals surface area contributed by atoms with Gasteiger partial charge in [0.15, 0.2) is 11.2 Å². The lowest BCUT2D eigenvalue weighted by Gasteiger charge is -2.25. The lowest BCUT2D eigenvalue weighted by Crippen LogP contribution is -2.25. The number of fused-ring (bicyclic) bond motifs is 4. The van der Waals surface area contributed by atoms with Gasteiger partial charge in [-0.2, -0.15) is 0 Å². The number of ether oxygens (including phenoxy) is 3. The van der Waals surface area contributed by atoms with Crippen molar-refractivity contribution < 1.29 is 28.2 Å². The highest BCUT2D eigenvalue weighted by Gasteiger charge is 2.39. The number of methoxy groups -OCH3 is 1. The second-order valence-corrected chi connectivity index (χ2v) is 8.82. The van der Waals surface area contributed by atoms with Crippen LogP contribution >= 0.6 is 0 Å². The van der Waals surface area contributed by atoms with Crippen LogP contribution in [0.5, 0.6) is 17.2 Å². The number of Topliss-reactive ketones (excluding diaryl/α,β-unsaturated/α-hetero) is 1. The number of ketones is 1. The van der Waals surface area contributed by atoms with E-state index in [-0.39, 0.29) is 29.1 Å². The topological polar surface area (TPSA) is 92.0 Å². The maximum Gasteiger partial charge on any atom is 0.312 e. The minimum absolute atomic E-state index is 0.0827. The second kappa shape index (κ2) is 8.23. The Balaban J connectivity index is 1.48. The molecule has 0 aliphatic carbocycles. The molecule has 36 heavy (non-hydrogen) atoms. The zero-order valence-corrected chi connectivity index (χ0v) is 19.5. The van der Waals surface area contributed by atoms with Crippen molar-refractivity contribution in [2.24, 2.45) is 0 Å². The van der Waals surface area contributed by atoms with Gasteiger partial charge in [0, 0.05) is 17.0 Å². The molecule has 1 unspecified atom stereocenters. The van der Waals surface area contributed by atoms with E-state index in [4.69, 9.17) is 18.6 Å². The van der Waals surface area contributed by atoms with Gasteiger partial charge in [0.25, 0.3) is 0 Å². The van der Waals surface area contributed by atoms with E-state index in [2.05, 4.69) is 0 Å². The highest BCUT2D eigenvalue weighted by Crippen LogP contribution is 2.48. The Labute approximate surface area is 205 Å². The van der Waals surface area contributed by atoms with Crippen LogP contribution in [0.3, 0.4) is 0 Å². The summed E-state index contributed by atoms with van der Waals surface area (Å²) in [6.07, 6.45) is 2.95. The molecule has 0 saturated heterocycles. The Morgan fingerprint density at radius 3 is 2.56 bits per heavy atom. The first kappa shape index (κ1) is 21.9. The number of hydrogen-bond acceptors (Lipinski definition) is 7. The van der Waals surface area contributed by atoms with Gasteiger partial charge in [0.1, 0.15) is 22.8 Å². The first-order chi connectivity index (χ1) is 17.4. The molecule has 2 aliphatic heterocycles. The van der Waals surface area contributed by atoms with E-state index in [1.807, 2.05) is 25.1 Å². The largest absolute Gasteiger partial charge is 0.497 e. The van der Waals surface area contributed by atoms with Crippen molar-refractivity contribution in [1.29, 1.82) is 0 Å². The van der Waals surface area contributed by atoms with E-state index in [0.717, 1.165) is 11.1 Å². The Morgan fingerprint density at radius 2 is 1.78 bits per heavy atom. The lowest BCUT2D eigenvalue weighted by atomic mass is 9.85. The molecule has 3 heterocycles. The Morgan fingerprint density at radius 1 is 0.972 bits per heavy atom. The first-order valence-corrected chi connectivity index (χ1v) is 11.4. The van der Waals surface area contributed by atoms with Crippen LogP contribution in [-0.4, -0.2) is 18.9 Å². The highest BCUT2D eigenvalue weighted by molar-refractivity contribution is 6.15. The quantitative estimate of drug-likeness (QED) is 0.227. The van der Waals surface area contributed by atoms with E-state index in [1.54, 1.807) is 49.6 Å². The van der Waals surface area contributed by atoms with Crippen LogP contribution in [0, 0.1) is 6.92 Å². The molecule has 0 bridgehead atoms. The van der Waals surface area contributed by atoms with Gasteiger partial charge in [-0.25, -0.2) is 0 Å². The molecule has 1 atom stereocenters. The van der Waals surface area contributed by atoms with Gasteiger partial charge in [0.05, 0.1) is 30.7 Å². The molecule has 0 fully saturated rings. The third-order valence-electron chi connectivity index (χ3n) is 6.52. The third-order valence-corrected chi connectivity index (χ3v) is 6.52. The third kappa shape index (κ3) is 3.48. The van der Waals surface area contributed by atoms with E-state index in [0.29, 0.717) is 39.2 Å². The minimum Gasteiger partial charge on any atom is -0.497 e. The Kier molecular flexibility index (Phi) is 5.00. The van der Waals surface area contributed by atoms with Crippen LogP contribution in [-0.2, 0) is 4.79 Å². The number of carbonyl (C=O) groups is 2. The molecule has 0 radical (unpaired) electrons. The average Bonchev–Trinajstić information content (AvgIpc) is 3.19. The maximum atomic E-state index is 13.5. The molecule has 2 aliphatic rings. The van der Waals surface area contributed by atoms with Gasteiger partial charge in [-0.05, 0) is 55.0 Å². The number of benzene rings is 3. The van der Waals surface area contributed by atoms with Crippen LogP contribution in [0.4, 0.5) is 0 Å². The maximum absolute atomic E-state index is 13.5. The molecule has 1 aromatic heterocycles. The summed E-state index contributed by atoms with van der Waals surface area (Å²) < 4.78 is 22.5. The van der Waals surface area contributed by atoms with Crippen LogP contribution in [0.25, 0.3) is 17.0 Å². The lowest BCUT2D eigenvalue weighted by molar-refractivity contribution is -0.135. The summed E-state index contributed by atoms with van der Waals surface area (Å²) in [5.41, 5.74) is 3.04. The van der Waals surface area contributed by atoms with Crippen molar-refractivity contribution in [3.05, 3.63) is 105 Å². The summed E-state index contributed by atoms with van der Waals surface area (Å²) in [5.74, 6) is -0.0705. The predicted molar refractivity (Wildman–Crippen MR) is 132 cm³/mol. The van der Waals surface area contributed by atoms with Crippen molar-refractivity contribution >= 4 is 28.8 Å². The average molecular weight is 480 g/mol. The predicted octanol–water partition coefficient (Wildman–Crippen LogP) is 5.17. The summed E-state index contributed by atoms with van der Waals surface area (Å²) in [7, 11) is 1.58. The number of hydrogen-bond donors (Lipinski definition) is 0. The van der Waals surface area contributed by atoms with Crippen molar-refractivity contribution in [2.75, 3.05) is 7.11 Å². The fourth-order valence-electron chi connectivity index (χ4n) is 4.72. The number of aryl methyl sites for hydroxylation is 1. The van der Waals surface area contributed by atoms with Crippen molar-refractivity contribution in [1.82, 2.24) is 0 Å². The van der Waals surface area contributed by atoms with Crippen LogP contribution in [0.2, 0.25) is 0 Å². The Bertz CT molecular complexity index is 1660. The molecule has 7 nitrogen and oxygen atoms in total. The summed E-state index contributed by atoms with van der Waals surface area (Å²) in [6.45, 7) is 1.89. The summed E-state index contributed by atoms with van der Waals surface area (Å²) in [6, 6.07) is 15.7. The van der Waals surface area contributed by atoms with Gasteiger partial charge in [-0.15, -0.1) is 0 Å². The number of carbonyl (C=O) groups excluding carboxylic acids is 2. The summed E-state index contributed by atoms with van der Waals surface area (Å²) in [5, 5.41) is 0.428. The number of rotatable bonds is 3. The van der Waals surface area contributed by atoms with E-state index in [9.17, 15) is 14.4 Å². The van der Waals surface area contributed by atoms with Gasteiger partial charge in [0.2, 0.25) is 5.78 Å². The first-order valence-electron chi connectivity index (χ1n) is 11.4. The van der Waals surface area contributed by atoms with Gasteiger partial charge in [-0.3, -0.25) is 14.4 Å². The summed E-state index contributed by atoms with van der Waals surface area (Å²) >= 11 is 0. The van der Waals surface area contributed by atoms with E-state index < -0.39 is 11.9 Å². The summed E-state index contributed by atoms with van der Waals surface area (Å²) in [4.78, 5) is 39.1. The van der Waals surface area contributed by atoms with Crippen LogP contribution in [0.1, 0.15) is 45.0 Å². The second-order valence-electron chi connectivity index (χ2n) is 8.82. The SMILES string of the molecule is COc1ccc(/C=C2/Oc3c(ccc4c3C(c3coc5ccc(C)cc5c3=O)CC(=O)O4)C2=O)cc1. The van der Waals surface area contributed by atoms with Crippen LogP contribution in [0.15, 0.2) is 75.8 Å². The standard InChI is InChI=1S/C29H20O7/c1-15-3-9-22-20(11-15)27(31)21(14-34-22)19-13-25(30)35-23-10-8-18-28(32)24(36-29(18)26(19)23)12-16-4-6-17(33-2)7-5-16/h3-12,14,19H,13H2,1-2H3/b24-12+. The van der Waals surface area contributed by atoms with Crippen molar-refractivity contribution in [3.8, 4) is 17.2 Å². The highest BCUT2D eigenvalue weighted by atomic mass is 16.5. The van der Waals surface area contributed by atoms with Crippen molar-refractivity contribution in [3.63, 3.8) is 0 Å². The normalized spacial score (nSPS) is 17.5. The van der Waals surface area contributed by atoms with Gasteiger partial charge < -0.3 is 18.6 Å². The molecule has 6 rings (SSSR count). The molecule has 0 spiro atoms. The van der Waals surface area contributed by atoms with Gasteiger partial charge >= 0.3 is 5.97 Å². The molecular formula is C29H20O7. The molecular weight excluding hydrogens is 460 g/mol. The van der Waals surface area contributed by atoms with E-state index in [1.165, 1.54) is 6.26 Å². The smallest absolute Gasteiger partial charge is 0.312 e. The molecule has 7 heteroatoms. The molecule has 178 valence electrons. The minimum atomic E-state index is -0.689. The molecule has 4 aromatic rings. The van der Waals surface area contributed by atoms with Crippen molar-refractivity contribution in [2.45, 2.75) is 19.3 Å².